The van der Waals surface area contributed by atoms with Crippen LogP contribution in [0.15, 0.2) is 48.5 Å². The fraction of sp³-hybridized carbons (Fsp3) is 0.350. The van der Waals surface area contributed by atoms with Crippen LogP contribution < -0.4 is 10.1 Å². The van der Waals surface area contributed by atoms with Crippen molar-refractivity contribution in [2.45, 2.75) is 25.1 Å². The number of amides is 1. The lowest BCUT2D eigenvalue weighted by Crippen LogP contribution is -2.43. The SMILES string of the molecule is CN(C(=O)c1cccc(Oc2cccc(C(F)(F)F)c2)c1)C1CCNCC1. The maximum absolute atomic E-state index is 12.8. The molecule has 1 amide bonds. The Kier molecular flexibility index (Phi) is 5.70. The predicted molar refractivity (Wildman–Crippen MR) is 95.9 cm³/mol. The van der Waals surface area contributed by atoms with Crippen LogP contribution in [-0.4, -0.2) is 37.0 Å². The quantitative estimate of drug-likeness (QED) is 0.862. The third kappa shape index (κ3) is 4.80. The van der Waals surface area contributed by atoms with Crippen molar-refractivity contribution in [3.05, 3.63) is 59.7 Å². The molecule has 1 saturated heterocycles. The van der Waals surface area contributed by atoms with E-state index in [0.717, 1.165) is 38.1 Å². The first-order chi connectivity index (χ1) is 12.8. The van der Waals surface area contributed by atoms with E-state index in [2.05, 4.69) is 5.32 Å². The number of benzene rings is 2. The van der Waals surface area contributed by atoms with Gasteiger partial charge in [0.15, 0.2) is 0 Å². The maximum Gasteiger partial charge on any atom is 0.416 e. The highest BCUT2D eigenvalue weighted by Crippen LogP contribution is 2.32. The molecule has 0 atom stereocenters. The summed E-state index contributed by atoms with van der Waals surface area (Å²) in [6.45, 7) is 1.75. The molecule has 1 aliphatic heterocycles. The van der Waals surface area contributed by atoms with Crippen molar-refractivity contribution < 1.29 is 22.7 Å². The monoisotopic (exact) mass is 378 g/mol. The summed E-state index contributed by atoms with van der Waals surface area (Å²) in [5.74, 6) is 0.261. The second kappa shape index (κ2) is 8.00. The molecule has 0 radical (unpaired) electrons. The maximum atomic E-state index is 12.8. The molecule has 0 bridgehead atoms. The first kappa shape index (κ1) is 19.2. The van der Waals surface area contributed by atoms with E-state index in [4.69, 9.17) is 4.74 Å². The molecule has 0 aliphatic carbocycles. The second-order valence-corrected chi connectivity index (χ2v) is 6.55. The molecule has 0 aromatic heterocycles. The molecule has 1 aliphatic rings. The molecular formula is C20H21F3N2O2. The molecule has 1 N–H and O–H groups in total. The van der Waals surface area contributed by atoms with Gasteiger partial charge in [-0.15, -0.1) is 0 Å². The zero-order valence-electron chi connectivity index (χ0n) is 14.9. The molecule has 3 rings (SSSR count). The first-order valence-corrected chi connectivity index (χ1v) is 8.77. The molecule has 0 unspecified atom stereocenters. The van der Waals surface area contributed by atoms with Crippen molar-refractivity contribution >= 4 is 5.91 Å². The lowest BCUT2D eigenvalue weighted by Gasteiger charge is -2.31. The number of nitrogens with one attached hydrogen (secondary N) is 1. The zero-order chi connectivity index (χ0) is 19.4. The molecule has 2 aromatic carbocycles. The third-order valence-electron chi connectivity index (χ3n) is 4.65. The molecule has 27 heavy (non-hydrogen) atoms. The number of carbonyl (C=O) groups is 1. The first-order valence-electron chi connectivity index (χ1n) is 8.77. The Morgan fingerprint density at radius 1 is 1.07 bits per heavy atom. The van der Waals surface area contributed by atoms with Gasteiger partial charge in [0.05, 0.1) is 5.56 Å². The number of halogens is 3. The van der Waals surface area contributed by atoms with Crippen molar-refractivity contribution in [1.82, 2.24) is 10.2 Å². The van der Waals surface area contributed by atoms with E-state index in [-0.39, 0.29) is 17.7 Å². The second-order valence-electron chi connectivity index (χ2n) is 6.55. The highest BCUT2D eigenvalue weighted by Gasteiger charge is 2.30. The number of alkyl halides is 3. The Morgan fingerprint density at radius 3 is 2.37 bits per heavy atom. The summed E-state index contributed by atoms with van der Waals surface area (Å²) in [6.07, 6.45) is -2.65. The van der Waals surface area contributed by atoms with Crippen LogP contribution in [0.2, 0.25) is 0 Å². The highest BCUT2D eigenvalue weighted by molar-refractivity contribution is 5.94. The molecule has 1 fully saturated rings. The van der Waals surface area contributed by atoms with E-state index in [1.807, 2.05) is 0 Å². The highest BCUT2D eigenvalue weighted by atomic mass is 19.4. The number of hydrogen-bond acceptors (Lipinski definition) is 3. The van der Waals surface area contributed by atoms with Crippen LogP contribution in [0.3, 0.4) is 0 Å². The fourth-order valence-corrected chi connectivity index (χ4v) is 3.13. The molecular weight excluding hydrogens is 357 g/mol. The number of nitrogens with zero attached hydrogens (tertiary/aromatic N) is 1. The van der Waals surface area contributed by atoms with Crippen LogP contribution in [0.25, 0.3) is 0 Å². The lowest BCUT2D eigenvalue weighted by molar-refractivity contribution is -0.137. The lowest BCUT2D eigenvalue weighted by atomic mass is 10.0. The van der Waals surface area contributed by atoms with Crippen molar-refractivity contribution in [3.8, 4) is 11.5 Å². The number of ether oxygens (including phenoxy) is 1. The molecule has 144 valence electrons. The van der Waals surface area contributed by atoms with Gasteiger partial charge in [-0.05, 0) is 62.3 Å². The van der Waals surface area contributed by atoms with E-state index in [0.29, 0.717) is 11.3 Å². The number of piperidine rings is 1. The molecule has 7 heteroatoms. The summed E-state index contributed by atoms with van der Waals surface area (Å²) in [4.78, 5) is 14.5. The molecule has 0 spiro atoms. The smallest absolute Gasteiger partial charge is 0.416 e. The zero-order valence-corrected chi connectivity index (χ0v) is 14.9. The third-order valence-corrected chi connectivity index (χ3v) is 4.65. The standard InChI is InChI=1S/C20H21F3N2O2/c1-25(16-8-10-24-11-9-16)19(26)14-4-2-6-17(12-14)27-18-7-3-5-15(13-18)20(21,22)23/h2-7,12-13,16,24H,8-11H2,1H3. The fourth-order valence-electron chi connectivity index (χ4n) is 3.13. The van der Waals surface area contributed by atoms with Crippen molar-refractivity contribution in [1.29, 1.82) is 0 Å². The van der Waals surface area contributed by atoms with Gasteiger partial charge in [0.25, 0.3) is 5.91 Å². The van der Waals surface area contributed by atoms with Gasteiger partial charge in [0, 0.05) is 18.7 Å². The minimum Gasteiger partial charge on any atom is -0.457 e. The summed E-state index contributed by atoms with van der Waals surface area (Å²) < 4.78 is 44.0. The van der Waals surface area contributed by atoms with E-state index in [9.17, 15) is 18.0 Å². The molecule has 1 heterocycles. The summed E-state index contributed by atoms with van der Waals surface area (Å²) in [7, 11) is 1.78. The Hall–Kier alpha value is -2.54. The Bertz CT molecular complexity index is 802. The van der Waals surface area contributed by atoms with E-state index >= 15 is 0 Å². The minimum absolute atomic E-state index is 0.0705. The normalized spacial score (nSPS) is 15.4. The largest absolute Gasteiger partial charge is 0.457 e. The van der Waals surface area contributed by atoms with Gasteiger partial charge in [-0.3, -0.25) is 4.79 Å². The molecule has 2 aromatic rings. The Labute approximate surface area is 155 Å². The van der Waals surface area contributed by atoms with Crippen LogP contribution in [0.5, 0.6) is 11.5 Å². The summed E-state index contributed by atoms with van der Waals surface area (Å²) >= 11 is 0. The van der Waals surface area contributed by atoms with Gasteiger partial charge in [-0.2, -0.15) is 13.2 Å². The molecule has 0 saturated carbocycles. The van der Waals surface area contributed by atoms with Crippen molar-refractivity contribution in [2.24, 2.45) is 0 Å². The Morgan fingerprint density at radius 2 is 1.70 bits per heavy atom. The van der Waals surface area contributed by atoms with Gasteiger partial charge in [-0.1, -0.05) is 12.1 Å². The van der Waals surface area contributed by atoms with Crippen molar-refractivity contribution in [3.63, 3.8) is 0 Å². The van der Waals surface area contributed by atoms with Gasteiger partial charge in [0.2, 0.25) is 0 Å². The van der Waals surface area contributed by atoms with Crippen LogP contribution in [0, 0.1) is 0 Å². The van der Waals surface area contributed by atoms with Crippen molar-refractivity contribution in [2.75, 3.05) is 20.1 Å². The summed E-state index contributed by atoms with van der Waals surface area (Å²) in [5, 5.41) is 3.26. The topological polar surface area (TPSA) is 41.6 Å². The van der Waals surface area contributed by atoms with Gasteiger partial charge in [0.1, 0.15) is 11.5 Å². The average molecular weight is 378 g/mol. The Balaban J connectivity index is 1.74. The number of carbonyl (C=O) groups excluding carboxylic acids is 1. The van der Waals surface area contributed by atoms with Crippen LogP contribution in [0.1, 0.15) is 28.8 Å². The number of hydrogen-bond donors (Lipinski definition) is 1. The van der Waals surface area contributed by atoms with E-state index < -0.39 is 11.7 Å². The summed E-state index contributed by atoms with van der Waals surface area (Å²) in [5.41, 5.74) is -0.335. The number of rotatable bonds is 4. The molecule has 4 nitrogen and oxygen atoms in total. The summed E-state index contributed by atoms with van der Waals surface area (Å²) in [6, 6.07) is 11.3. The average Bonchev–Trinajstić information content (AvgIpc) is 2.67. The van der Waals surface area contributed by atoms with Gasteiger partial charge in [-0.25, -0.2) is 0 Å². The van der Waals surface area contributed by atoms with Gasteiger partial charge >= 0.3 is 6.18 Å². The minimum atomic E-state index is -4.44. The van der Waals surface area contributed by atoms with Crippen LogP contribution in [-0.2, 0) is 6.18 Å². The van der Waals surface area contributed by atoms with E-state index in [1.54, 1.807) is 36.2 Å². The van der Waals surface area contributed by atoms with Gasteiger partial charge < -0.3 is 15.0 Å². The predicted octanol–water partition coefficient (Wildman–Crippen LogP) is 4.32. The van der Waals surface area contributed by atoms with Crippen LogP contribution in [0.4, 0.5) is 13.2 Å². The van der Waals surface area contributed by atoms with Crippen LogP contribution >= 0.6 is 0 Å². The van der Waals surface area contributed by atoms with E-state index in [1.165, 1.54) is 12.1 Å².